The summed E-state index contributed by atoms with van der Waals surface area (Å²) in [5.41, 5.74) is 1.70. The van der Waals surface area contributed by atoms with Gasteiger partial charge in [0.15, 0.2) is 5.82 Å². The predicted octanol–water partition coefficient (Wildman–Crippen LogP) is 3.14. The van der Waals surface area contributed by atoms with E-state index in [2.05, 4.69) is 30.7 Å². The van der Waals surface area contributed by atoms with E-state index in [4.69, 9.17) is 4.52 Å². The number of nitrogens with zero attached hydrogens (tertiary/aromatic N) is 4. The van der Waals surface area contributed by atoms with E-state index in [1.165, 1.54) is 0 Å². The fourth-order valence-corrected chi connectivity index (χ4v) is 4.18. The number of benzene rings is 1. The minimum Gasteiger partial charge on any atom is -0.346 e. The maximum absolute atomic E-state index is 12.2. The van der Waals surface area contributed by atoms with Crippen molar-refractivity contribution in [1.82, 2.24) is 25.3 Å². The van der Waals surface area contributed by atoms with Gasteiger partial charge >= 0.3 is 0 Å². The highest BCUT2D eigenvalue weighted by molar-refractivity contribution is 7.09. The molecule has 0 bridgehead atoms. The second-order valence-electron chi connectivity index (χ2n) is 7.04. The Morgan fingerprint density at radius 1 is 1.32 bits per heavy atom. The van der Waals surface area contributed by atoms with E-state index in [-0.39, 0.29) is 5.91 Å². The van der Waals surface area contributed by atoms with Crippen molar-refractivity contribution in [2.75, 3.05) is 13.1 Å². The summed E-state index contributed by atoms with van der Waals surface area (Å²) in [4.78, 5) is 23.6. The third-order valence-electron chi connectivity index (χ3n) is 4.82. The summed E-state index contributed by atoms with van der Waals surface area (Å²) in [6, 6.07) is 9.23. The zero-order chi connectivity index (χ0) is 19.3. The summed E-state index contributed by atoms with van der Waals surface area (Å²) in [5, 5.41) is 9.83. The molecule has 1 saturated heterocycles. The van der Waals surface area contributed by atoms with Gasteiger partial charge in [0, 0.05) is 24.0 Å². The normalized spacial score (nSPS) is 17.5. The van der Waals surface area contributed by atoms with Crippen LogP contribution in [-0.4, -0.2) is 39.0 Å². The first-order valence-electron chi connectivity index (χ1n) is 9.46. The summed E-state index contributed by atoms with van der Waals surface area (Å²) >= 11 is 1.58. The minimum atomic E-state index is -0.0777. The molecule has 2 aromatic heterocycles. The van der Waals surface area contributed by atoms with Gasteiger partial charge in [-0.3, -0.25) is 9.69 Å². The zero-order valence-electron chi connectivity index (χ0n) is 15.8. The van der Waals surface area contributed by atoms with Crippen molar-refractivity contribution >= 4 is 17.2 Å². The predicted molar refractivity (Wildman–Crippen MR) is 106 cm³/mol. The molecule has 1 N–H and O–H groups in total. The van der Waals surface area contributed by atoms with Gasteiger partial charge in [-0.1, -0.05) is 23.4 Å². The summed E-state index contributed by atoms with van der Waals surface area (Å²) in [5.74, 6) is 1.64. The van der Waals surface area contributed by atoms with E-state index in [0.29, 0.717) is 23.9 Å². The number of nitrogens with one attached hydrogen (secondary N) is 1. The number of hydrogen-bond acceptors (Lipinski definition) is 7. The van der Waals surface area contributed by atoms with Crippen molar-refractivity contribution in [1.29, 1.82) is 0 Å². The Hall–Kier alpha value is -2.58. The molecule has 28 heavy (non-hydrogen) atoms. The fourth-order valence-electron chi connectivity index (χ4n) is 3.46. The molecule has 1 unspecified atom stereocenters. The molecule has 1 amide bonds. The molecule has 0 radical (unpaired) electrons. The van der Waals surface area contributed by atoms with Crippen molar-refractivity contribution in [3.8, 4) is 0 Å². The SMILES string of the molecule is Cc1noc(C2CCCN(Cc3csc(CNC(=O)c4ccccc4)n3)C2)n1. The summed E-state index contributed by atoms with van der Waals surface area (Å²) in [6.45, 7) is 5.04. The van der Waals surface area contributed by atoms with Gasteiger partial charge in [-0.25, -0.2) is 4.98 Å². The Morgan fingerprint density at radius 2 is 2.18 bits per heavy atom. The van der Waals surface area contributed by atoms with Crippen LogP contribution >= 0.6 is 11.3 Å². The van der Waals surface area contributed by atoms with Crippen molar-refractivity contribution in [3.05, 3.63) is 63.7 Å². The number of aromatic nitrogens is 3. The lowest BCUT2D eigenvalue weighted by atomic mass is 9.98. The van der Waals surface area contributed by atoms with Crippen LogP contribution in [0, 0.1) is 6.92 Å². The van der Waals surface area contributed by atoms with Gasteiger partial charge in [0.1, 0.15) is 5.01 Å². The van der Waals surface area contributed by atoms with Gasteiger partial charge in [-0.05, 0) is 38.4 Å². The number of likely N-dealkylation sites (tertiary alicyclic amines) is 1. The maximum Gasteiger partial charge on any atom is 0.251 e. The molecule has 0 spiro atoms. The second-order valence-corrected chi connectivity index (χ2v) is 7.98. The molecule has 1 fully saturated rings. The summed E-state index contributed by atoms with van der Waals surface area (Å²) in [7, 11) is 0. The average Bonchev–Trinajstić information content (AvgIpc) is 3.36. The van der Waals surface area contributed by atoms with Crippen molar-refractivity contribution in [2.24, 2.45) is 0 Å². The lowest BCUT2D eigenvalue weighted by Crippen LogP contribution is -2.34. The van der Waals surface area contributed by atoms with Crippen molar-refractivity contribution in [3.63, 3.8) is 0 Å². The van der Waals surface area contributed by atoms with Crippen LogP contribution in [0.25, 0.3) is 0 Å². The maximum atomic E-state index is 12.2. The van der Waals surface area contributed by atoms with E-state index in [1.807, 2.05) is 25.1 Å². The van der Waals surface area contributed by atoms with Crippen LogP contribution in [0.2, 0.25) is 0 Å². The monoisotopic (exact) mass is 397 g/mol. The molecular formula is C20H23N5O2S. The Labute approximate surface area is 167 Å². The molecule has 8 heteroatoms. The number of amides is 1. The number of rotatable bonds is 6. The molecule has 1 aliphatic rings. The lowest BCUT2D eigenvalue weighted by Gasteiger charge is -2.30. The molecule has 0 aliphatic carbocycles. The first-order valence-corrected chi connectivity index (χ1v) is 10.3. The van der Waals surface area contributed by atoms with E-state index in [1.54, 1.807) is 23.5 Å². The lowest BCUT2D eigenvalue weighted by molar-refractivity contribution is 0.0951. The standard InChI is InChI=1S/C20H23N5O2S/c1-14-22-20(27-24-14)16-8-5-9-25(11-16)12-17-13-28-18(23-17)10-21-19(26)15-6-3-2-4-7-15/h2-4,6-7,13,16H,5,8-12H2,1H3,(H,21,26). The van der Waals surface area contributed by atoms with Crippen LogP contribution in [-0.2, 0) is 13.1 Å². The summed E-state index contributed by atoms with van der Waals surface area (Å²) in [6.07, 6.45) is 2.18. The molecule has 1 aliphatic heterocycles. The zero-order valence-corrected chi connectivity index (χ0v) is 16.6. The third-order valence-corrected chi connectivity index (χ3v) is 5.72. The highest BCUT2D eigenvalue weighted by atomic mass is 32.1. The Bertz CT molecular complexity index is 924. The molecule has 4 rings (SSSR count). The van der Waals surface area contributed by atoms with Crippen LogP contribution in [0.4, 0.5) is 0 Å². The Kier molecular flexibility index (Phi) is 5.78. The minimum absolute atomic E-state index is 0.0777. The number of thiazole rings is 1. The first-order chi connectivity index (χ1) is 13.7. The quantitative estimate of drug-likeness (QED) is 0.688. The van der Waals surface area contributed by atoms with Crippen molar-refractivity contribution in [2.45, 2.75) is 38.8 Å². The smallest absolute Gasteiger partial charge is 0.251 e. The molecule has 1 aromatic carbocycles. The fraction of sp³-hybridized carbons (Fsp3) is 0.400. The van der Waals surface area contributed by atoms with Crippen LogP contribution in [0.5, 0.6) is 0 Å². The topological polar surface area (TPSA) is 84.2 Å². The van der Waals surface area contributed by atoms with Gasteiger partial charge in [0.25, 0.3) is 5.91 Å². The van der Waals surface area contributed by atoms with Gasteiger partial charge in [0.05, 0.1) is 18.2 Å². The molecule has 146 valence electrons. The number of hydrogen-bond donors (Lipinski definition) is 1. The number of carbonyl (C=O) groups is 1. The summed E-state index contributed by atoms with van der Waals surface area (Å²) < 4.78 is 5.36. The van der Waals surface area contributed by atoms with Crippen LogP contribution in [0.1, 0.15) is 51.5 Å². The molecule has 3 aromatic rings. The Morgan fingerprint density at radius 3 is 2.96 bits per heavy atom. The van der Waals surface area contributed by atoms with Crippen LogP contribution in [0.15, 0.2) is 40.2 Å². The van der Waals surface area contributed by atoms with Gasteiger partial charge in [-0.2, -0.15) is 4.98 Å². The van der Waals surface area contributed by atoms with E-state index < -0.39 is 0 Å². The third kappa shape index (κ3) is 4.63. The van der Waals surface area contributed by atoms with E-state index in [0.717, 1.165) is 49.1 Å². The second kappa shape index (κ2) is 8.62. The number of carbonyl (C=O) groups excluding carboxylic acids is 1. The number of piperidine rings is 1. The molecule has 7 nitrogen and oxygen atoms in total. The van der Waals surface area contributed by atoms with E-state index >= 15 is 0 Å². The van der Waals surface area contributed by atoms with Gasteiger partial charge in [-0.15, -0.1) is 11.3 Å². The van der Waals surface area contributed by atoms with E-state index in [9.17, 15) is 4.79 Å². The highest BCUT2D eigenvalue weighted by Crippen LogP contribution is 2.26. The highest BCUT2D eigenvalue weighted by Gasteiger charge is 2.26. The molecule has 3 heterocycles. The van der Waals surface area contributed by atoms with Crippen molar-refractivity contribution < 1.29 is 9.32 Å². The first kappa shape index (κ1) is 18.8. The molecule has 0 saturated carbocycles. The van der Waals surface area contributed by atoms with Crippen LogP contribution < -0.4 is 5.32 Å². The Balaban J connectivity index is 1.30. The number of aryl methyl sites for hydroxylation is 1. The molecule has 1 atom stereocenters. The van der Waals surface area contributed by atoms with Gasteiger partial charge in [0.2, 0.25) is 5.89 Å². The average molecular weight is 398 g/mol. The largest absolute Gasteiger partial charge is 0.346 e. The van der Waals surface area contributed by atoms with Gasteiger partial charge < -0.3 is 9.84 Å². The van der Waals surface area contributed by atoms with Crippen LogP contribution in [0.3, 0.4) is 0 Å². The molecular weight excluding hydrogens is 374 g/mol.